The van der Waals surface area contributed by atoms with E-state index in [2.05, 4.69) is 35.3 Å². The van der Waals surface area contributed by atoms with Crippen LogP contribution in [0.15, 0.2) is 36.5 Å². The second-order valence-corrected chi connectivity index (χ2v) is 7.22. The average molecular weight is 280 g/mol. The molecule has 0 amide bonds. The summed E-state index contributed by atoms with van der Waals surface area (Å²) in [5, 5.41) is 1.28. The van der Waals surface area contributed by atoms with Gasteiger partial charge in [-0.05, 0) is 61.6 Å². The van der Waals surface area contributed by atoms with Crippen LogP contribution in [-0.2, 0) is 6.42 Å². The third-order valence-electron chi connectivity index (χ3n) is 5.49. The number of aromatic nitrogens is 1. The SMILES string of the molecule is NC1(Cc2ccnc3ccccc23)CCCC(C2CC2)C1. The molecule has 2 fully saturated rings. The maximum Gasteiger partial charge on any atom is 0.0704 e. The van der Waals surface area contributed by atoms with Crippen molar-refractivity contribution >= 4 is 10.9 Å². The lowest BCUT2D eigenvalue weighted by Gasteiger charge is -2.38. The van der Waals surface area contributed by atoms with Crippen molar-refractivity contribution in [3.63, 3.8) is 0 Å². The standard InChI is InChI=1S/C19H24N2/c20-19(10-3-4-15(12-19)14-7-8-14)13-16-9-11-21-18-6-2-1-5-17(16)18/h1-2,5-6,9,11,14-15H,3-4,7-8,10,12-13,20H2. The first kappa shape index (κ1) is 13.3. The van der Waals surface area contributed by atoms with E-state index in [0.29, 0.717) is 0 Å². The predicted molar refractivity (Wildman–Crippen MR) is 87.0 cm³/mol. The van der Waals surface area contributed by atoms with Gasteiger partial charge in [0.25, 0.3) is 0 Å². The van der Waals surface area contributed by atoms with Gasteiger partial charge in [0.2, 0.25) is 0 Å². The molecule has 1 aromatic carbocycles. The molecule has 21 heavy (non-hydrogen) atoms. The minimum absolute atomic E-state index is 0.00433. The van der Waals surface area contributed by atoms with Crippen LogP contribution in [0.4, 0.5) is 0 Å². The predicted octanol–water partition coefficient (Wildman–Crippen LogP) is 4.08. The van der Waals surface area contributed by atoms with Gasteiger partial charge in [-0.15, -0.1) is 0 Å². The molecule has 0 saturated heterocycles. The minimum atomic E-state index is -0.00433. The molecule has 0 spiro atoms. The summed E-state index contributed by atoms with van der Waals surface area (Å²) in [5.74, 6) is 1.87. The molecule has 1 aromatic heterocycles. The Labute approximate surface area is 126 Å². The van der Waals surface area contributed by atoms with Crippen LogP contribution in [0.25, 0.3) is 10.9 Å². The Bertz CT molecular complexity index is 642. The normalized spacial score (nSPS) is 29.7. The van der Waals surface area contributed by atoms with Gasteiger partial charge in [-0.25, -0.2) is 0 Å². The van der Waals surface area contributed by atoms with Gasteiger partial charge < -0.3 is 5.73 Å². The molecule has 2 saturated carbocycles. The summed E-state index contributed by atoms with van der Waals surface area (Å²) in [4.78, 5) is 4.47. The molecule has 2 aromatic rings. The number of hydrogen-bond acceptors (Lipinski definition) is 2. The van der Waals surface area contributed by atoms with E-state index < -0.39 is 0 Å². The topological polar surface area (TPSA) is 38.9 Å². The third-order valence-corrected chi connectivity index (χ3v) is 5.49. The Balaban J connectivity index is 1.61. The first-order valence-corrected chi connectivity index (χ1v) is 8.35. The quantitative estimate of drug-likeness (QED) is 0.920. The van der Waals surface area contributed by atoms with Gasteiger partial charge >= 0.3 is 0 Å². The van der Waals surface area contributed by atoms with E-state index in [9.17, 15) is 0 Å². The number of para-hydroxylation sites is 1. The molecule has 1 heterocycles. The van der Waals surface area contributed by atoms with E-state index in [-0.39, 0.29) is 5.54 Å². The zero-order valence-electron chi connectivity index (χ0n) is 12.6. The zero-order valence-corrected chi connectivity index (χ0v) is 12.6. The number of rotatable bonds is 3. The van der Waals surface area contributed by atoms with Crippen molar-refractivity contribution in [2.24, 2.45) is 17.6 Å². The molecular formula is C19H24N2. The Kier molecular flexibility index (Phi) is 3.22. The minimum Gasteiger partial charge on any atom is -0.325 e. The fourth-order valence-electron chi connectivity index (χ4n) is 4.26. The van der Waals surface area contributed by atoms with Gasteiger partial charge in [-0.1, -0.05) is 31.0 Å². The Morgan fingerprint density at radius 2 is 1.95 bits per heavy atom. The van der Waals surface area contributed by atoms with E-state index in [1.54, 1.807) is 0 Å². The zero-order chi connectivity index (χ0) is 14.3. The van der Waals surface area contributed by atoms with Gasteiger partial charge in [-0.3, -0.25) is 4.98 Å². The molecule has 2 aliphatic rings. The first-order chi connectivity index (χ1) is 10.2. The summed E-state index contributed by atoms with van der Waals surface area (Å²) in [5.41, 5.74) is 9.28. The van der Waals surface area contributed by atoms with Crippen molar-refractivity contribution in [1.82, 2.24) is 4.98 Å². The molecule has 2 aliphatic carbocycles. The largest absolute Gasteiger partial charge is 0.325 e. The Morgan fingerprint density at radius 3 is 2.81 bits per heavy atom. The van der Waals surface area contributed by atoms with E-state index in [0.717, 1.165) is 23.8 Å². The van der Waals surface area contributed by atoms with Crippen LogP contribution in [0.2, 0.25) is 0 Å². The number of benzene rings is 1. The van der Waals surface area contributed by atoms with Crippen molar-refractivity contribution in [1.29, 1.82) is 0 Å². The average Bonchev–Trinajstić information content (AvgIpc) is 3.32. The monoisotopic (exact) mass is 280 g/mol. The lowest BCUT2D eigenvalue weighted by Crippen LogP contribution is -2.46. The van der Waals surface area contributed by atoms with Gasteiger partial charge in [0.05, 0.1) is 5.52 Å². The van der Waals surface area contributed by atoms with Crippen molar-refractivity contribution in [2.45, 2.75) is 50.5 Å². The summed E-state index contributed by atoms with van der Waals surface area (Å²) in [6.07, 6.45) is 10.9. The number of nitrogens with two attached hydrogens (primary N) is 1. The fourth-order valence-corrected chi connectivity index (χ4v) is 4.26. The summed E-state index contributed by atoms with van der Waals surface area (Å²) >= 11 is 0. The molecule has 0 aliphatic heterocycles. The molecule has 2 heteroatoms. The Morgan fingerprint density at radius 1 is 1.10 bits per heavy atom. The van der Waals surface area contributed by atoms with Crippen LogP contribution in [0.3, 0.4) is 0 Å². The van der Waals surface area contributed by atoms with Crippen LogP contribution in [0, 0.1) is 11.8 Å². The molecule has 4 rings (SSSR count). The summed E-state index contributed by atoms with van der Waals surface area (Å²) < 4.78 is 0. The smallest absolute Gasteiger partial charge is 0.0704 e. The van der Waals surface area contributed by atoms with E-state index >= 15 is 0 Å². The second-order valence-electron chi connectivity index (χ2n) is 7.22. The Hall–Kier alpha value is -1.41. The van der Waals surface area contributed by atoms with Crippen molar-refractivity contribution in [2.75, 3.05) is 0 Å². The first-order valence-electron chi connectivity index (χ1n) is 8.35. The van der Waals surface area contributed by atoms with Crippen molar-refractivity contribution < 1.29 is 0 Å². The van der Waals surface area contributed by atoms with Gasteiger partial charge in [0, 0.05) is 17.1 Å². The van der Waals surface area contributed by atoms with E-state index in [1.165, 1.54) is 49.5 Å². The lowest BCUT2D eigenvalue weighted by molar-refractivity contribution is 0.205. The molecule has 110 valence electrons. The molecular weight excluding hydrogens is 256 g/mol. The molecule has 2 unspecified atom stereocenters. The van der Waals surface area contributed by atoms with E-state index in [4.69, 9.17) is 5.73 Å². The highest BCUT2D eigenvalue weighted by atomic mass is 14.8. The summed E-state index contributed by atoms with van der Waals surface area (Å²) in [6.45, 7) is 0. The highest BCUT2D eigenvalue weighted by Crippen LogP contribution is 2.46. The summed E-state index contributed by atoms with van der Waals surface area (Å²) in [7, 11) is 0. The molecule has 2 N–H and O–H groups in total. The maximum absolute atomic E-state index is 6.82. The van der Waals surface area contributed by atoms with Crippen LogP contribution in [-0.4, -0.2) is 10.5 Å². The highest BCUT2D eigenvalue weighted by molar-refractivity contribution is 5.81. The number of nitrogens with zero attached hydrogens (tertiary/aromatic N) is 1. The van der Waals surface area contributed by atoms with Crippen LogP contribution in [0.5, 0.6) is 0 Å². The fraction of sp³-hybridized carbons (Fsp3) is 0.526. The highest BCUT2D eigenvalue weighted by Gasteiger charge is 2.40. The maximum atomic E-state index is 6.82. The van der Waals surface area contributed by atoms with Crippen LogP contribution < -0.4 is 5.73 Å². The molecule has 2 atom stereocenters. The van der Waals surface area contributed by atoms with Crippen LogP contribution >= 0.6 is 0 Å². The lowest BCUT2D eigenvalue weighted by atomic mass is 9.71. The van der Waals surface area contributed by atoms with Gasteiger partial charge in [-0.2, -0.15) is 0 Å². The molecule has 0 radical (unpaired) electrons. The molecule has 0 bridgehead atoms. The molecule has 2 nitrogen and oxygen atoms in total. The number of pyridine rings is 1. The number of hydrogen-bond donors (Lipinski definition) is 1. The van der Waals surface area contributed by atoms with E-state index in [1.807, 2.05) is 6.20 Å². The number of fused-ring (bicyclic) bond motifs is 1. The van der Waals surface area contributed by atoms with Gasteiger partial charge in [0.1, 0.15) is 0 Å². The van der Waals surface area contributed by atoms with Crippen molar-refractivity contribution in [3.8, 4) is 0 Å². The summed E-state index contributed by atoms with van der Waals surface area (Å²) in [6, 6.07) is 10.6. The van der Waals surface area contributed by atoms with Crippen molar-refractivity contribution in [3.05, 3.63) is 42.1 Å². The van der Waals surface area contributed by atoms with Gasteiger partial charge in [0.15, 0.2) is 0 Å². The second kappa shape index (κ2) is 5.10. The van der Waals surface area contributed by atoms with Crippen LogP contribution in [0.1, 0.15) is 44.1 Å². The third kappa shape index (κ3) is 2.69.